The van der Waals surface area contributed by atoms with Crippen molar-refractivity contribution in [1.29, 1.82) is 0 Å². The van der Waals surface area contributed by atoms with Crippen LogP contribution in [0.1, 0.15) is 63.4 Å². The van der Waals surface area contributed by atoms with E-state index in [1.54, 1.807) is 0 Å². The molecule has 0 radical (unpaired) electrons. The van der Waals surface area contributed by atoms with Crippen molar-refractivity contribution in [3.8, 4) is 0 Å². The molecule has 140 valence electrons. The summed E-state index contributed by atoms with van der Waals surface area (Å²) in [7, 11) is 0. The molecule has 4 rings (SSSR count). The number of nitrogens with zero attached hydrogens (tertiary/aromatic N) is 1. The van der Waals surface area contributed by atoms with E-state index in [9.17, 15) is 9.59 Å². The number of imide groups is 1. The zero-order valence-electron chi connectivity index (χ0n) is 15.5. The maximum Gasteiger partial charge on any atom is 0.416 e. The molecule has 0 N–H and O–H groups in total. The van der Waals surface area contributed by atoms with Crippen LogP contribution in [0.5, 0.6) is 0 Å². The predicted octanol–water partition coefficient (Wildman–Crippen LogP) is 4.72. The quantitative estimate of drug-likeness (QED) is 0.788. The maximum absolute atomic E-state index is 13.3. The van der Waals surface area contributed by atoms with Crippen LogP contribution in [0, 0.1) is 11.3 Å². The third-order valence-electron chi connectivity index (χ3n) is 6.72. The van der Waals surface area contributed by atoms with Gasteiger partial charge >= 0.3 is 6.09 Å². The fourth-order valence-corrected chi connectivity index (χ4v) is 5.38. The van der Waals surface area contributed by atoms with Gasteiger partial charge in [-0.3, -0.25) is 4.79 Å². The van der Waals surface area contributed by atoms with Gasteiger partial charge in [0.05, 0.1) is 6.04 Å². The molecular weight excluding hydrogens is 326 g/mol. The van der Waals surface area contributed by atoms with Gasteiger partial charge in [-0.25, -0.2) is 9.69 Å². The minimum absolute atomic E-state index is 0.00854. The molecule has 1 saturated heterocycles. The van der Waals surface area contributed by atoms with Gasteiger partial charge in [-0.05, 0) is 49.5 Å². The molecule has 3 fully saturated rings. The molecule has 4 nitrogen and oxygen atoms in total. The number of amides is 2. The Morgan fingerprint density at radius 3 is 2.58 bits per heavy atom. The molecule has 2 amide bonds. The number of hydrogen-bond donors (Lipinski definition) is 0. The monoisotopic (exact) mass is 355 g/mol. The third-order valence-corrected chi connectivity index (χ3v) is 6.72. The Balaban J connectivity index is 1.47. The summed E-state index contributed by atoms with van der Waals surface area (Å²) in [5.41, 5.74) is 1.50. The number of hydrogen-bond acceptors (Lipinski definition) is 3. The van der Waals surface area contributed by atoms with Crippen molar-refractivity contribution in [3.05, 3.63) is 35.9 Å². The van der Waals surface area contributed by atoms with Crippen molar-refractivity contribution in [2.24, 2.45) is 11.3 Å². The van der Waals surface area contributed by atoms with Crippen LogP contribution in [0.3, 0.4) is 0 Å². The second-order valence-corrected chi connectivity index (χ2v) is 8.48. The molecule has 4 heteroatoms. The average molecular weight is 355 g/mol. The van der Waals surface area contributed by atoms with Crippen molar-refractivity contribution in [3.63, 3.8) is 0 Å². The lowest BCUT2D eigenvalue weighted by Gasteiger charge is -2.44. The smallest absolute Gasteiger partial charge is 0.416 e. The Bertz CT molecular complexity index is 645. The van der Waals surface area contributed by atoms with Crippen LogP contribution in [-0.4, -0.2) is 29.5 Å². The lowest BCUT2D eigenvalue weighted by molar-refractivity contribution is -0.136. The Hall–Kier alpha value is -1.84. The van der Waals surface area contributed by atoms with Crippen molar-refractivity contribution < 1.29 is 14.3 Å². The van der Waals surface area contributed by atoms with E-state index in [1.807, 2.05) is 30.3 Å². The average Bonchev–Trinajstić information content (AvgIpc) is 3.03. The SMILES string of the molecule is O=C1OC[C@@H](Cc2ccccc2)N1C(=O)C1CCCC2(CCCCC2)C1. The predicted molar refractivity (Wildman–Crippen MR) is 99.6 cm³/mol. The van der Waals surface area contributed by atoms with E-state index in [1.165, 1.54) is 43.4 Å². The summed E-state index contributed by atoms with van der Waals surface area (Å²) in [6.45, 7) is 0.317. The fourth-order valence-electron chi connectivity index (χ4n) is 5.38. The van der Waals surface area contributed by atoms with E-state index in [-0.39, 0.29) is 17.9 Å². The highest BCUT2D eigenvalue weighted by Crippen LogP contribution is 2.49. The summed E-state index contributed by atoms with van der Waals surface area (Å²) in [6.07, 6.45) is 10.9. The van der Waals surface area contributed by atoms with Gasteiger partial charge < -0.3 is 4.74 Å². The zero-order valence-corrected chi connectivity index (χ0v) is 15.5. The second kappa shape index (κ2) is 7.42. The van der Waals surface area contributed by atoms with Crippen molar-refractivity contribution in [2.45, 2.75) is 70.3 Å². The third kappa shape index (κ3) is 3.51. The van der Waals surface area contributed by atoms with Crippen molar-refractivity contribution in [1.82, 2.24) is 4.90 Å². The van der Waals surface area contributed by atoms with E-state index in [0.29, 0.717) is 18.4 Å². The number of carbonyl (C=O) groups excluding carboxylic acids is 2. The summed E-state index contributed by atoms with van der Waals surface area (Å²) in [4.78, 5) is 27.0. The molecule has 3 aliphatic rings. The first-order chi connectivity index (χ1) is 12.7. The first kappa shape index (κ1) is 17.6. The van der Waals surface area contributed by atoms with E-state index in [2.05, 4.69) is 0 Å². The molecule has 1 aromatic rings. The van der Waals surface area contributed by atoms with Crippen LogP contribution < -0.4 is 0 Å². The van der Waals surface area contributed by atoms with E-state index in [0.717, 1.165) is 24.8 Å². The summed E-state index contributed by atoms with van der Waals surface area (Å²) >= 11 is 0. The first-order valence-electron chi connectivity index (χ1n) is 10.2. The van der Waals surface area contributed by atoms with E-state index >= 15 is 0 Å². The number of ether oxygens (including phenoxy) is 1. The summed E-state index contributed by atoms with van der Waals surface area (Å²) in [5.74, 6) is 0.00357. The largest absolute Gasteiger partial charge is 0.447 e. The van der Waals surface area contributed by atoms with Crippen LogP contribution >= 0.6 is 0 Å². The molecule has 1 heterocycles. The molecule has 1 aromatic carbocycles. The van der Waals surface area contributed by atoms with Crippen molar-refractivity contribution >= 4 is 12.0 Å². The molecule has 0 aromatic heterocycles. The molecule has 2 saturated carbocycles. The van der Waals surface area contributed by atoms with Gasteiger partial charge in [-0.1, -0.05) is 56.0 Å². The molecule has 2 atom stereocenters. The molecule has 1 unspecified atom stereocenters. The lowest BCUT2D eigenvalue weighted by atomic mass is 9.62. The van der Waals surface area contributed by atoms with Crippen LogP contribution in [0.2, 0.25) is 0 Å². The van der Waals surface area contributed by atoms with Gasteiger partial charge in [0.15, 0.2) is 0 Å². The van der Waals surface area contributed by atoms with E-state index in [4.69, 9.17) is 4.74 Å². The summed E-state index contributed by atoms with van der Waals surface area (Å²) in [5, 5.41) is 0. The Morgan fingerprint density at radius 2 is 1.81 bits per heavy atom. The number of cyclic esters (lactones) is 1. The van der Waals surface area contributed by atoms with Crippen LogP contribution in [0.4, 0.5) is 4.79 Å². The second-order valence-electron chi connectivity index (χ2n) is 8.48. The molecule has 2 aliphatic carbocycles. The highest BCUT2D eigenvalue weighted by molar-refractivity contribution is 5.94. The highest BCUT2D eigenvalue weighted by atomic mass is 16.6. The van der Waals surface area contributed by atoms with Gasteiger partial charge in [-0.2, -0.15) is 0 Å². The maximum atomic E-state index is 13.3. The van der Waals surface area contributed by atoms with Gasteiger partial charge in [0, 0.05) is 5.92 Å². The fraction of sp³-hybridized carbons (Fsp3) is 0.636. The Morgan fingerprint density at radius 1 is 1.08 bits per heavy atom. The normalized spacial score (nSPS) is 28.2. The number of rotatable bonds is 3. The van der Waals surface area contributed by atoms with Crippen LogP contribution in [0.15, 0.2) is 30.3 Å². The minimum Gasteiger partial charge on any atom is -0.447 e. The molecule has 1 spiro atoms. The first-order valence-corrected chi connectivity index (χ1v) is 10.2. The number of benzene rings is 1. The molecule has 26 heavy (non-hydrogen) atoms. The Kier molecular flexibility index (Phi) is 5.01. The summed E-state index contributed by atoms with van der Waals surface area (Å²) in [6, 6.07) is 9.89. The van der Waals surface area contributed by atoms with Gasteiger partial charge in [0.1, 0.15) is 6.61 Å². The highest BCUT2D eigenvalue weighted by Gasteiger charge is 2.45. The summed E-state index contributed by atoms with van der Waals surface area (Å²) < 4.78 is 5.27. The topological polar surface area (TPSA) is 46.6 Å². The van der Waals surface area contributed by atoms with Crippen LogP contribution in [0.25, 0.3) is 0 Å². The zero-order chi connectivity index (χ0) is 18.0. The van der Waals surface area contributed by atoms with Gasteiger partial charge in [-0.15, -0.1) is 0 Å². The number of carbonyl (C=O) groups is 2. The Labute approximate surface area is 155 Å². The van der Waals surface area contributed by atoms with Gasteiger partial charge in [0.2, 0.25) is 5.91 Å². The minimum atomic E-state index is -0.445. The molecular formula is C22H29NO3. The standard InChI is InChI=1S/C22H29NO3/c24-20(18-10-7-13-22(15-18)11-5-2-6-12-22)23-19(16-26-21(23)25)14-17-8-3-1-4-9-17/h1,3-4,8-9,18-19H,2,5-7,10-16H2/t18?,19-/m1/s1. The van der Waals surface area contributed by atoms with Crippen LogP contribution in [-0.2, 0) is 16.0 Å². The van der Waals surface area contributed by atoms with E-state index < -0.39 is 6.09 Å². The van der Waals surface area contributed by atoms with Gasteiger partial charge in [0.25, 0.3) is 0 Å². The molecule has 1 aliphatic heterocycles. The lowest BCUT2D eigenvalue weighted by Crippen LogP contribution is -2.46. The molecule has 0 bridgehead atoms. The van der Waals surface area contributed by atoms with Crippen molar-refractivity contribution in [2.75, 3.05) is 6.61 Å².